The maximum Gasteiger partial charge on any atom is 0.329 e. The Bertz CT molecular complexity index is 668. The number of nitrogens with zero attached hydrogens (tertiary/aromatic N) is 3. The number of rotatable bonds is 4. The lowest BCUT2D eigenvalue weighted by molar-refractivity contribution is -0.384. The van der Waals surface area contributed by atoms with E-state index in [9.17, 15) is 10.1 Å². The maximum absolute atomic E-state index is 10.9. The van der Waals surface area contributed by atoms with Crippen LogP contribution in [-0.4, -0.2) is 14.9 Å². The molecular formula is C10H8BrClN6O2. The molecule has 20 heavy (non-hydrogen) atoms. The third-order valence-corrected chi connectivity index (χ3v) is 3.49. The summed E-state index contributed by atoms with van der Waals surface area (Å²) in [4.78, 5) is 18.0. The van der Waals surface area contributed by atoms with Crippen molar-refractivity contribution in [2.24, 2.45) is 5.84 Å². The highest BCUT2D eigenvalue weighted by Gasteiger charge is 2.17. The number of nitrogen functional groups attached to an aromatic ring is 1. The SMILES string of the molecule is NNc1ncc([N+](=O)[O-])c(Nc2ccc(Cl)c(Br)c2)n1. The first kappa shape index (κ1) is 14.4. The van der Waals surface area contributed by atoms with Crippen molar-refractivity contribution in [3.8, 4) is 0 Å². The Labute approximate surface area is 126 Å². The fourth-order valence-electron chi connectivity index (χ4n) is 1.38. The van der Waals surface area contributed by atoms with Gasteiger partial charge in [0, 0.05) is 10.2 Å². The van der Waals surface area contributed by atoms with Crippen molar-refractivity contribution in [2.75, 3.05) is 10.7 Å². The molecule has 0 atom stereocenters. The second-order valence-electron chi connectivity index (χ2n) is 3.58. The molecule has 8 nitrogen and oxygen atoms in total. The van der Waals surface area contributed by atoms with Gasteiger partial charge in [-0.3, -0.25) is 15.5 Å². The molecule has 1 aromatic heterocycles. The van der Waals surface area contributed by atoms with Crippen molar-refractivity contribution >= 4 is 50.7 Å². The Morgan fingerprint density at radius 3 is 2.80 bits per heavy atom. The number of aromatic nitrogens is 2. The lowest BCUT2D eigenvalue weighted by atomic mass is 10.3. The van der Waals surface area contributed by atoms with Gasteiger partial charge in [0.25, 0.3) is 0 Å². The van der Waals surface area contributed by atoms with Crippen LogP contribution in [0.2, 0.25) is 5.02 Å². The van der Waals surface area contributed by atoms with Gasteiger partial charge in [0.2, 0.25) is 11.8 Å². The molecule has 1 aromatic carbocycles. The normalized spacial score (nSPS) is 10.2. The maximum atomic E-state index is 10.9. The van der Waals surface area contributed by atoms with E-state index < -0.39 is 4.92 Å². The molecule has 0 fully saturated rings. The number of nitro groups is 1. The Morgan fingerprint density at radius 1 is 1.45 bits per heavy atom. The molecule has 0 radical (unpaired) electrons. The summed E-state index contributed by atoms with van der Waals surface area (Å²) in [6.45, 7) is 0. The summed E-state index contributed by atoms with van der Waals surface area (Å²) in [6, 6.07) is 4.97. The highest BCUT2D eigenvalue weighted by molar-refractivity contribution is 9.10. The van der Waals surface area contributed by atoms with E-state index in [1.54, 1.807) is 18.2 Å². The average molecular weight is 360 g/mol. The van der Waals surface area contributed by atoms with Gasteiger partial charge in [-0.1, -0.05) is 11.6 Å². The van der Waals surface area contributed by atoms with Crippen LogP contribution in [0.25, 0.3) is 0 Å². The zero-order chi connectivity index (χ0) is 14.7. The molecule has 104 valence electrons. The van der Waals surface area contributed by atoms with E-state index in [0.717, 1.165) is 6.20 Å². The number of halogens is 2. The largest absolute Gasteiger partial charge is 0.334 e. The van der Waals surface area contributed by atoms with Gasteiger partial charge < -0.3 is 5.32 Å². The predicted octanol–water partition coefficient (Wildman–Crippen LogP) is 2.83. The van der Waals surface area contributed by atoms with Crippen molar-refractivity contribution in [3.05, 3.63) is 44.0 Å². The van der Waals surface area contributed by atoms with Gasteiger partial charge in [0.05, 0.1) is 9.95 Å². The van der Waals surface area contributed by atoms with Gasteiger partial charge in [0.1, 0.15) is 6.20 Å². The third-order valence-electron chi connectivity index (χ3n) is 2.28. The number of nitrogens with two attached hydrogens (primary N) is 1. The van der Waals surface area contributed by atoms with E-state index in [2.05, 4.69) is 36.6 Å². The van der Waals surface area contributed by atoms with Crippen LogP contribution in [0.15, 0.2) is 28.9 Å². The van der Waals surface area contributed by atoms with Crippen LogP contribution in [0.3, 0.4) is 0 Å². The van der Waals surface area contributed by atoms with E-state index in [1.165, 1.54) is 0 Å². The van der Waals surface area contributed by atoms with Crippen molar-refractivity contribution in [1.82, 2.24) is 9.97 Å². The fourth-order valence-corrected chi connectivity index (χ4v) is 1.88. The van der Waals surface area contributed by atoms with Crippen LogP contribution in [0.5, 0.6) is 0 Å². The van der Waals surface area contributed by atoms with Gasteiger partial charge >= 0.3 is 5.69 Å². The van der Waals surface area contributed by atoms with Gasteiger partial charge in [0.15, 0.2) is 0 Å². The van der Waals surface area contributed by atoms with E-state index in [-0.39, 0.29) is 17.5 Å². The number of hydrazine groups is 1. The summed E-state index contributed by atoms with van der Waals surface area (Å²) in [6.07, 6.45) is 1.06. The van der Waals surface area contributed by atoms with E-state index in [0.29, 0.717) is 15.2 Å². The summed E-state index contributed by atoms with van der Waals surface area (Å²) < 4.78 is 0.651. The molecule has 0 aliphatic carbocycles. The summed E-state index contributed by atoms with van der Waals surface area (Å²) in [5, 5.41) is 14.3. The minimum Gasteiger partial charge on any atom is -0.334 e. The van der Waals surface area contributed by atoms with Crippen LogP contribution in [0.4, 0.5) is 23.1 Å². The Morgan fingerprint density at radius 2 is 2.20 bits per heavy atom. The predicted molar refractivity (Wildman–Crippen MR) is 78.9 cm³/mol. The molecule has 0 bridgehead atoms. The molecule has 0 aliphatic heterocycles. The standard InChI is InChI=1S/C10H8BrClN6O2/c11-6-3-5(1-2-7(6)12)15-9-8(18(19)20)4-14-10(16-9)17-13/h1-4H,13H2,(H2,14,15,16,17). The topological polar surface area (TPSA) is 119 Å². The number of hydrogen-bond donors (Lipinski definition) is 3. The zero-order valence-electron chi connectivity index (χ0n) is 9.80. The lowest BCUT2D eigenvalue weighted by Gasteiger charge is -2.08. The summed E-state index contributed by atoms with van der Waals surface area (Å²) in [5.74, 6) is 5.27. The van der Waals surface area contributed by atoms with E-state index in [4.69, 9.17) is 17.4 Å². The monoisotopic (exact) mass is 358 g/mol. The smallest absolute Gasteiger partial charge is 0.329 e. The fraction of sp³-hybridized carbons (Fsp3) is 0. The first-order chi connectivity index (χ1) is 9.51. The van der Waals surface area contributed by atoms with Crippen LogP contribution < -0.4 is 16.6 Å². The second-order valence-corrected chi connectivity index (χ2v) is 4.84. The number of nitrogens with one attached hydrogen (secondary N) is 2. The Balaban J connectivity index is 2.40. The summed E-state index contributed by atoms with van der Waals surface area (Å²) >= 11 is 9.14. The number of hydrogen-bond acceptors (Lipinski definition) is 7. The molecule has 10 heteroatoms. The molecule has 0 amide bonds. The van der Waals surface area contributed by atoms with Gasteiger partial charge in [-0.2, -0.15) is 4.98 Å². The summed E-state index contributed by atoms with van der Waals surface area (Å²) in [5.41, 5.74) is 2.53. The molecule has 0 saturated carbocycles. The molecule has 2 rings (SSSR count). The molecule has 0 unspecified atom stereocenters. The molecular weight excluding hydrogens is 352 g/mol. The second kappa shape index (κ2) is 5.99. The number of benzene rings is 1. The van der Waals surface area contributed by atoms with Crippen LogP contribution in [0.1, 0.15) is 0 Å². The summed E-state index contributed by atoms with van der Waals surface area (Å²) in [7, 11) is 0. The van der Waals surface area contributed by atoms with Crippen LogP contribution in [-0.2, 0) is 0 Å². The first-order valence-corrected chi connectivity index (χ1v) is 6.38. The van der Waals surface area contributed by atoms with Crippen molar-refractivity contribution in [1.29, 1.82) is 0 Å². The van der Waals surface area contributed by atoms with E-state index in [1.807, 2.05) is 0 Å². The van der Waals surface area contributed by atoms with Crippen molar-refractivity contribution < 1.29 is 4.92 Å². The highest BCUT2D eigenvalue weighted by Crippen LogP contribution is 2.30. The molecule has 0 spiro atoms. The Kier molecular flexibility index (Phi) is 4.32. The average Bonchev–Trinajstić information content (AvgIpc) is 2.42. The molecule has 2 aromatic rings. The van der Waals surface area contributed by atoms with Crippen molar-refractivity contribution in [3.63, 3.8) is 0 Å². The highest BCUT2D eigenvalue weighted by atomic mass is 79.9. The quantitative estimate of drug-likeness (QED) is 0.436. The third kappa shape index (κ3) is 3.13. The zero-order valence-corrected chi connectivity index (χ0v) is 12.1. The number of anilines is 3. The minimum absolute atomic E-state index is 0.0205. The molecule has 1 heterocycles. The Hall–Kier alpha value is -1.97. The molecule has 4 N–H and O–H groups in total. The first-order valence-electron chi connectivity index (χ1n) is 5.21. The van der Waals surface area contributed by atoms with Crippen LogP contribution >= 0.6 is 27.5 Å². The minimum atomic E-state index is -0.590. The van der Waals surface area contributed by atoms with Gasteiger partial charge in [-0.15, -0.1) is 0 Å². The molecule has 0 aliphatic rings. The van der Waals surface area contributed by atoms with Gasteiger partial charge in [-0.25, -0.2) is 10.8 Å². The van der Waals surface area contributed by atoms with Gasteiger partial charge in [-0.05, 0) is 34.1 Å². The van der Waals surface area contributed by atoms with Crippen LogP contribution in [0, 0.1) is 10.1 Å². The lowest BCUT2D eigenvalue weighted by Crippen LogP contribution is -2.12. The van der Waals surface area contributed by atoms with Crippen molar-refractivity contribution in [2.45, 2.75) is 0 Å². The van der Waals surface area contributed by atoms with E-state index >= 15 is 0 Å². The molecule has 0 saturated heterocycles.